The van der Waals surface area contributed by atoms with E-state index in [2.05, 4.69) is 58.9 Å². The Kier molecular flexibility index (Phi) is 4.00. The summed E-state index contributed by atoms with van der Waals surface area (Å²) in [4.78, 5) is 2.46. The van der Waals surface area contributed by atoms with Crippen molar-refractivity contribution in [2.24, 2.45) is 0 Å². The van der Waals surface area contributed by atoms with Crippen molar-refractivity contribution in [2.75, 3.05) is 13.1 Å². The monoisotopic (exact) mass is 283 g/mol. The van der Waals surface area contributed by atoms with Crippen LogP contribution in [0.5, 0.6) is 0 Å². The molecule has 0 N–H and O–H groups in total. The number of halogens is 1. The molecule has 0 radical (unpaired) electrons. The highest BCUT2D eigenvalue weighted by Crippen LogP contribution is 2.17. The van der Waals surface area contributed by atoms with Gasteiger partial charge in [0.2, 0.25) is 0 Å². The molecule has 1 heterocycles. The maximum absolute atomic E-state index is 5.73. The summed E-state index contributed by atoms with van der Waals surface area (Å²) in [6.45, 7) is 7.35. The van der Waals surface area contributed by atoms with Crippen molar-refractivity contribution >= 4 is 15.9 Å². The average Bonchev–Trinajstić information content (AvgIpc) is 2.15. The minimum absolute atomic E-state index is 0.343. The lowest BCUT2D eigenvalue weighted by molar-refractivity contribution is -0.0704. The maximum atomic E-state index is 5.73. The summed E-state index contributed by atoms with van der Waals surface area (Å²) in [5.74, 6) is 0. The van der Waals surface area contributed by atoms with Gasteiger partial charge in [0, 0.05) is 24.1 Å². The van der Waals surface area contributed by atoms with Crippen molar-refractivity contribution < 1.29 is 4.74 Å². The third-order valence-electron chi connectivity index (χ3n) is 2.79. The van der Waals surface area contributed by atoms with E-state index < -0.39 is 0 Å². The first kappa shape index (κ1) is 12.1. The highest BCUT2D eigenvalue weighted by molar-refractivity contribution is 9.10. The zero-order valence-electron chi connectivity index (χ0n) is 9.82. The molecule has 1 saturated heterocycles. The SMILES string of the molecule is C[C@H]1CN(Cc2cccc(Br)c2)C[C@H](C)O1. The molecule has 0 saturated carbocycles. The predicted molar refractivity (Wildman–Crippen MR) is 69.4 cm³/mol. The van der Waals surface area contributed by atoms with E-state index in [0.717, 1.165) is 24.1 Å². The Bertz CT molecular complexity index is 346. The normalized spacial score (nSPS) is 26.9. The topological polar surface area (TPSA) is 12.5 Å². The fourth-order valence-corrected chi connectivity index (χ4v) is 2.75. The molecule has 0 amide bonds. The molecule has 0 aliphatic carbocycles. The van der Waals surface area contributed by atoms with Gasteiger partial charge in [-0.25, -0.2) is 0 Å². The Morgan fingerprint density at radius 2 is 2.00 bits per heavy atom. The first-order chi connectivity index (χ1) is 7.63. The van der Waals surface area contributed by atoms with Crippen molar-refractivity contribution in [3.8, 4) is 0 Å². The largest absolute Gasteiger partial charge is 0.373 e. The predicted octanol–water partition coefficient (Wildman–Crippen LogP) is 3.06. The molecule has 1 fully saturated rings. The summed E-state index contributed by atoms with van der Waals surface area (Å²) in [5, 5.41) is 0. The minimum Gasteiger partial charge on any atom is -0.373 e. The second kappa shape index (κ2) is 5.30. The van der Waals surface area contributed by atoms with Crippen molar-refractivity contribution in [3.05, 3.63) is 34.3 Å². The lowest BCUT2D eigenvalue weighted by atomic mass is 10.1. The summed E-state index contributed by atoms with van der Waals surface area (Å²) < 4.78 is 6.88. The number of hydrogen-bond acceptors (Lipinski definition) is 2. The van der Waals surface area contributed by atoms with Crippen LogP contribution in [0, 0.1) is 0 Å². The Labute approximate surface area is 106 Å². The van der Waals surface area contributed by atoms with Gasteiger partial charge in [0.05, 0.1) is 12.2 Å². The fourth-order valence-electron chi connectivity index (χ4n) is 2.31. The van der Waals surface area contributed by atoms with Crippen LogP contribution in [0.1, 0.15) is 19.4 Å². The van der Waals surface area contributed by atoms with Gasteiger partial charge < -0.3 is 4.74 Å². The molecule has 2 atom stereocenters. The van der Waals surface area contributed by atoms with Crippen LogP contribution in [0.3, 0.4) is 0 Å². The highest BCUT2D eigenvalue weighted by Gasteiger charge is 2.21. The summed E-state index contributed by atoms with van der Waals surface area (Å²) in [6, 6.07) is 8.52. The third kappa shape index (κ3) is 3.30. The first-order valence-electron chi connectivity index (χ1n) is 5.76. The fraction of sp³-hybridized carbons (Fsp3) is 0.538. The molecule has 2 rings (SSSR count). The van der Waals surface area contributed by atoms with E-state index in [-0.39, 0.29) is 0 Å². The van der Waals surface area contributed by atoms with Crippen molar-refractivity contribution in [2.45, 2.75) is 32.6 Å². The lowest BCUT2D eigenvalue weighted by Crippen LogP contribution is -2.44. The molecule has 1 aliphatic rings. The van der Waals surface area contributed by atoms with Crippen LogP contribution >= 0.6 is 15.9 Å². The number of nitrogens with zero attached hydrogens (tertiary/aromatic N) is 1. The van der Waals surface area contributed by atoms with Gasteiger partial charge in [0.15, 0.2) is 0 Å². The van der Waals surface area contributed by atoms with Crippen LogP contribution in [0.4, 0.5) is 0 Å². The molecule has 0 aromatic heterocycles. The van der Waals surface area contributed by atoms with E-state index in [0.29, 0.717) is 12.2 Å². The van der Waals surface area contributed by atoms with E-state index in [4.69, 9.17) is 4.74 Å². The Hall–Kier alpha value is -0.380. The van der Waals surface area contributed by atoms with Gasteiger partial charge >= 0.3 is 0 Å². The molecule has 1 aromatic rings. The Morgan fingerprint density at radius 1 is 1.31 bits per heavy atom. The number of morpholine rings is 1. The zero-order valence-corrected chi connectivity index (χ0v) is 11.4. The molecular formula is C13H18BrNO. The van der Waals surface area contributed by atoms with Gasteiger partial charge in [0.25, 0.3) is 0 Å². The molecular weight excluding hydrogens is 266 g/mol. The van der Waals surface area contributed by atoms with E-state index in [1.54, 1.807) is 0 Å². The van der Waals surface area contributed by atoms with E-state index in [1.807, 2.05) is 0 Å². The van der Waals surface area contributed by atoms with Crippen molar-refractivity contribution in [1.82, 2.24) is 4.90 Å². The van der Waals surface area contributed by atoms with E-state index in [9.17, 15) is 0 Å². The highest BCUT2D eigenvalue weighted by atomic mass is 79.9. The third-order valence-corrected chi connectivity index (χ3v) is 3.28. The van der Waals surface area contributed by atoms with Gasteiger partial charge in [-0.15, -0.1) is 0 Å². The Morgan fingerprint density at radius 3 is 2.62 bits per heavy atom. The first-order valence-corrected chi connectivity index (χ1v) is 6.55. The van der Waals surface area contributed by atoms with Gasteiger partial charge in [-0.05, 0) is 31.5 Å². The van der Waals surface area contributed by atoms with Crippen LogP contribution < -0.4 is 0 Å². The second-order valence-corrected chi connectivity index (χ2v) is 5.50. The molecule has 1 aliphatic heterocycles. The smallest absolute Gasteiger partial charge is 0.0678 e. The maximum Gasteiger partial charge on any atom is 0.0678 e. The van der Waals surface area contributed by atoms with Gasteiger partial charge in [0.1, 0.15) is 0 Å². The second-order valence-electron chi connectivity index (χ2n) is 4.58. The van der Waals surface area contributed by atoms with E-state index >= 15 is 0 Å². The number of rotatable bonds is 2. The van der Waals surface area contributed by atoms with Crippen LogP contribution in [0.2, 0.25) is 0 Å². The molecule has 1 aromatic carbocycles. The molecule has 88 valence electrons. The molecule has 2 nitrogen and oxygen atoms in total. The average molecular weight is 284 g/mol. The van der Waals surface area contributed by atoms with Gasteiger partial charge in [-0.1, -0.05) is 28.1 Å². The molecule has 16 heavy (non-hydrogen) atoms. The summed E-state index contributed by atoms with van der Waals surface area (Å²) in [6.07, 6.45) is 0.687. The molecule has 0 unspecified atom stereocenters. The summed E-state index contributed by atoms with van der Waals surface area (Å²) in [5.41, 5.74) is 1.36. The molecule has 0 bridgehead atoms. The number of hydrogen-bond donors (Lipinski definition) is 0. The van der Waals surface area contributed by atoms with Crippen molar-refractivity contribution in [1.29, 1.82) is 0 Å². The van der Waals surface area contributed by atoms with E-state index in [1.165, 1.54) is 5.56 Å². The standard InChI is InChI=1S/C13H18BrNO/c1-10-7-15(8-11(2)16-10)9-12-4-3-5-13(14)6-12/h3-6,10-11H,7-9H2,1-2H3/t10-,11-/m0/s1. The number of ether oxygens (including phenoxy) is 1. The summed E-state index contributed by atoms with van der Waals surface area (Å²) in [7, 11) is 0. The van der Waals surface area contributed by atoms with Crippen LogP contribution in [0.15, 0.2) is 28.7 Å². The lowest BCUT2D eigenvalue weighted by Gasteiger charge is -2.35. The quantitative estimate of drug-likeness (QED) is 0.827. The van der Waals surface area contributed by atoms with Crippen LogP contribution in [-0.4, -0.2) is 30.2 Å². The zero-order chi connectivity index (χ0) is 11.5. The van der Waals surface area contributed by atoms with Crippen LogP contribution in [0.25, 0.3) is 0 Å². The van der Waals surface area contributed by atoms with Crippen LogP contribution in [-0.2, 0) is 11.3 Å². The molecule has 3 heteroatoms. The number of benzene rings is 1. The van der Waals surface area contributed by atoms with Gasteiger partial charge in [-0.3, -0.25) is 4.90 Å². The summed E-state index contributed by atoms with van der Waals surface area (Å²) >= 11 is 3.51. The molecule has 0 spiro atoms. The Balaban J connectivity index is 1.98. The van der Waals surface area contributed by atoms with Crippen molar-refractivity contribution in [3.63, 3.8) is 0 Å². The minimum atomic E-state index is 0.343. The van der Waals surface area contributed by atoms with Gasteiger partial charge in [-0.2, -0.15) is 0 Å².